The van der Waals surface area contributed by atoms with E-state index in [4.69, 9.17) is 4.74 Å². The van der Waals surface area contributed by atoms with Gasteiger partial charge in [-0.15, -0.1) is 0 Å². The highest BCUT2D eigenvalue weighted by Crippen LogP contribution is 2.30. The number of carbonyl (C=O) groups excluding carboxylic acids is 1. The fourth-order valence-electron chi connectivity index (χ4n) is 3.31. The number of para-hydroxylation sites is 1. The Balaban J connectivity index is 1.31. The smallest absolute Gasteiger partial charge is 0.318 e. The molecule has 0 saturated heterocycles. The molecule has 5 heteroatoms. The van der Waals surface area contributed by atoms with Crippen LogP contribution in [0.25, 0.3) is 11.1 Å². The number of nitrogens with zero attached hydrogens (tertiary/aromatic N) is 2. The van der Waals surface area contributed by atoms with E-state index in [9.17, 15) is 4.79 Å². The Morgan fingerprint density at radius 1 is 1.00 bits per heavy atom. The number of ether oxygens (including phenoxy) is 1. The fraction of sp³-hybridized carbons (Fsp3) is 0.250. The highest BCUT2D eigenvalue weighted by Gasteiger charge is 2.32. The molecule has 0 aliphatic heterocycles. The molecular formula is C24H25N3O2. The summed E-state index contributed by atoms with van der Waals surface area (Å²) >= 11 is 0. The first-order valence-corrected chi connectivity index (χ1v) is 10.0. The van der Waals surface area contributed by atoms with Gasteiger partial charge in [0.1, 0.15) is 12.4 Å². The van der Waals surface area contributed by atoms with E-state index in [1.165, 1.54) is 0 Å². The predicted molar refractivity (Wildman–Crippen MR) is 114 cm³/mol. The van der Waals surface area contributed by atoms with E-state index in [0.717, 1.165) is 35.3 Å². The van der Waals surface area contributed by atoms with Gasteiger partial charge in [0.2, 0.25) is 0 Å². The van der Waals surface area contributed by atoms with Crippen molar-refractivity contribution in [1.29, 1.82) is 0 Å². The van der Waals surface area contributed by atoms with Gasteiger partial charge in [0.15, 0.2) is 0 Å². The van der Waals surface area contributed by atoms with Gasteiger partial charge in [0, 0.05) is 30.5 Å². The summed E-state index contributed by atoms with van der Waals surface area (Å²) in [7, 11) is 0. The SMILES string of the molecule is O=C(NCCOc1ccccc1-c1ccccc1)N(Cc1ccncc1)C1CC1. The zero-order valence-electron chi connectivity index (χ0n) is 16.3. The zero-order chi connectivity index (χ0) is 19.9. The molecule has 0 bridgehead atoms. The van der Waals surface area contributed by atoms with Crippen molar-refractivity contribution in [2.24, 2.45) is 0 Å². The average molecular weight is 387 g/mol. The molecule has 0 atom stereocenters. The second-order valence-electron chi connectivity index (χ2n) is 7.16. The lowest BCUT2D eigenvalue weighted by Gasteiger charge is -2.23. The van der Waals surface area contributed by atoms with Gasteiger partial charge in [0.25, 0.3) is 0 Å². The standard InChI is InChI=1S/C24H25N3O2/c28-24(27(21-10-11-21)18-19-12-14-25-15-13-19)26-16-17-29-23-9-5-4-8-22(23)20-6-2-1-3-7-20/h1-9,12-15,21H,10-11,16-18H2,(H,26,28). The van der Waals surface area contributed by atoms with Crippen molar-refractivity contribution < 1.29 is 9.53 Å². The van der Waals surface area contributed by atoms with Crippen LogP contribution in [-0.2, 0) is 6.54 Å². The van der Waals surface area contributed by atoms with Crippen LogP contribution in [0.15, 0.2) is 79.1 Å². The topological polar surface area (TPSA) is 54.5 Å². The monoisotopic (exact) mass is 387 g/mol. The van der Waals surface area contributed by atoms with Crippen LogP contribution in [0.4, 0.5) is 4.79 Å². The van der Waals surface area contributed by atoms with E-state index in [2.05, 4.69) is 22.4 Å². The highest BCUT2D eigenvalue weighted by atomic mass is 16.5. The van der Waals surface area contributed by atoms with Gasteiger partial charge in [-0.25, -0.2) is 4.79 Å². The summed E-state index contributed by atoms with van der Waals surface area (Å²) in [5, 5.41) is 3.00. The lowest BCUT2D eigenvalue weighted by molar-refractivity contribution is 0.189. The van der Waals surface area contributed by atoms with Crippen LogP contribution in [0.1, 0.15) is 18.4 Å². The van der Waals surface area contributed by atoms with Crippen LogP contribution < -0.4 is 10.1 Å². The van der Waals surface area contributed by atoms with Crippen molar-refractivity contribution in [3.05, 3.63) is 84.7 Å². The van der Waals surface area contributed by atoms with Gasteiger partial charge < -0.3 is 15.0 Å². The molecule has 1 aliphatic rings. The summed E-state index contributed by atoms with van der Waals surface area (Å²) in [6.45, 7) is 1.49. The lowest BCUT2D eigenvalue weighted by atomic mass is 10.1. The molecule has 0 radical (unpaired) electrons. The van der Waals surface area contributed by atoms with Gasteiger partial charge in [-0.1, -0.05) is 48.5 Å². The molecule has 2 aromatic carbocycles. The zero-order valence-corrected chi connectivity index (χ0v) is 16.3. The number of hydrogen-bond acceptors (Lipinski definition) is 3. The van der Waals surface area contributed by atoms with Crippen molar-refractivity contribution in [3.8, 4) is 16.9 Å². The Labute approximate surface area is 171 Å². The van der Waals surface area contributed by atoms with Crippen LogP contribution in [0.3, 0.4) is 0 Å². The normalized spacial score (nSPS) is 13.0. The van der Waals surface area contributed by atoms with Crippen molar-refractivity contribution in [3.63, 3.8) is 0 Å². The molecule has 1 N–H and O–H groups in total. The van der Waals surface area contributed by atoms with Crippen LogP contribution in [0.2, 0.25) is 0 Å². The number of carbonyl (C=O) groups is 1. The van der Waals surface area contributed by atoms with Crippen molar-refractivity contribution >= 4 is 6.03 Å². The second kappa shape index (κ2) is 9.24. The largest absolute Gasteiger partial charge is 0.491 e. The number of benzene rings is 2. The maximum absolute atomic E-state index is 12.7. The van der Waals surface area contributed by atoms with E-state index in [0.29, 0.717) is 25.7 Å². The molecule has 2 amide bonds. The third-order valence-electron chi connectivity index (χ3n) is 4.96. The van der Waals surface area contributed by atoms with E-state index in [-0.39, 0.29) is 6.03 Å². The van der Waals surface area contributed by atoms with Crippen LogP contribution in [0.5, 0.6) is 5.75 Å². The molecule has 1 saturated carbocycles. The van der Waals surface area contributed by atoms with Crippen LogP contribution >= 0.6 is 0 Å². The maximum Gasteiger partial charge on any atom is 0.318 e. The fourth-order valence-corrected chi connectivity index (χ4v) is 3.31. The molecule has 1 aliphatic carbocycles. The number of nitrogens with one attached hydrogen (secondary N) is 1. The van der Waals surface area contributed by atoms with Crippen molar-refractivity contribution in [1.82, 2.24) is 15.2 Å². The Morgan fingerprint density at radius 3 is 2.48 bits per heavy atom. The molecule has 0 spiro atoms. The number of amides is 2. The first-order valence-electron chi connectivity index (χ1n) is 10.0. The average Bonchev–Trinajstić information content (AvgIpc) is 3.62. The van der Waals surface area contributed by atoms with Gasteiger partial charge in [0.05, 0.1) is 6.54 Å². The number of hydrogen-bond donors (Lipinski definition) is 1. The highest BCUT2D eigenvalue weighted by molar-refractivity contribution is 5.75. The second-order valence-corrected chi connectivity index (χ2v) is 7.16. The molecular weight excluding hydrogens is 362 g/mol. The minimum absolute atomic E-state index is 0.0377. The summed E-state index contributed by atoms with van der Waals surface area (Å²) < 4.78 is 5.97. The summed E-state index contributed by atoms with van der Waals surface area (Å²) in [5.74, 6) is 0.823. The van der Waals surface area contributed by atoms with Crippen LogP contribution in [0, 0.1) is 0 Å². The molecule has 4 rings (SSSR count). The lowest BCUT2D eigenvalue weighted by Crippen LogP contribution is -2.42. The first-order chi connectivity index (χ1) is 14.3. The Hall–Kier alpha value is -3.34. The third-order valence-corrected chi connectivity index (χ3v) is 4.96. The molecule has 148 valence electrons. The van der Waals surface area contributed by atoms with E-state index >= 15 is 0 Å². The molecule has 1 heterocycles. The van der Waals surface area contributed by atoms with Gasteiger partial charge >= 0.3 is 6.03 Å². The minimum atomic E-state index is -0.0377. The molecule has 1 fully saturated rings. The Morgan fingerprint density at radius 2 is 1.72 bits per heavy atom. The molecule has 5 nitrogen and oxygen atoms in total. The van der Waals surface area contributed by atoms with Crippen molar-refractivity contribution in [2.75, 3.05) is 13.2 Å². The molecule has 3 aromatic rings. The minimum Gasteiger partial charge on any atom is -0.491 e. The summed E-state index contributed by atoms with van der Waals surface area (Å²) in [5.41, 5.74) is 3.26. The number of rotatable bonds is 8. The van der Waals surface area contributed by atoms with Gasteiger partial charge in [-0.3, -0.25) is 4.98 Å². The molecule has 29 heavy (non-hydrogen) atoms. The van der Waals surface area contributed by atoms with E-state index < -0.39 is 0 Å². The Bertz CT molecular complexity index is 927. The maximum atomic E-state index is 12.7. The summed E-state index contributed by atoms with van der Waals surface area (Å²) in [6.07, 6.45) is 5.66. The summed E-state index contributed by atoms with van der Waals surface area (Å²) in [4.78, 5) is 18.6. The third kappa shape index (κ3) is 5.13. The van der Waals surface area contributed by atoms with E-state index in [1.807, 2.05) is 59.5 Å². The van der Waals surface area contributed by atoms with Gasteiger partial charge in [-0.05, 0) is 42.2 Å². The summed E-state index contributed by atoms with van der Waals surface area (Å²) in [6, 6.07) is 22.3. The number of urea groups is 1. The molecule has 0 unspecified atom stereocenters. The first kappa shape index (κ1) is 19.0. The quantitative estimate of drug-likeness (QED) is 0.579. The van der Waals surface area contributed by atoms with Crippen LogP contribution in [-0.4, -0.2) is 35.1 Å². The van der Waals surface area contributed by atoms with E-state index in [1.54, 1.807) is 12.4 Å². The van der Waals surface area contributed by atoms with Crippen molar-refractivity contribution in [2.45, 2.75) is 25.4 Å². The molecule has 1 aromatic heterocycles. The predicted octanol–water partition coefficient (Wildman–Crippen LogP) is 4.50. The Kier molecular flexibility index (Phi) is 6.05. The number of aromatic nitrogens is 1. The van der Waals surface area contributed by atoms with Gasteiger partial charge in [-0.2, -0.15) is 0 Å². The number of pyridine rings is 1.